The van der Waals surface area contributed by atoms with E-state index in [2.05, 4.69) is 10.3 Å². The van der Waals surface area contributed by atoms with E-state index in [0.717, 1.165) is 32.8 Å². The van der Waals surface area contributed by atoms with Crippen molar-refractivity contribution >= 4 is 5.96 Å². The Morgan fingerprint density at radius 3 is 3.05 bits per heavy atom. The topological polar surface area (TPSA) is 68.9 Å². The first-order valence-corrected chi connectivity index (χ1v) is 8.04. The summed E-state index contributed by atoms with van der Waals surface area (Å²) in [6.45, 7) is 5.20. The van der Waals surface area contributed by atoms with Gasteiger partial charge in [-0.05, 0) is 32.6 Å². The minimum absolute atomic E-state index is 0.368. The molecule has 2 aliphatic carbocycles. The zero-order chi connectivity index (χ0) is 14.0. The van der Waals surface area contributed by atoms with Crippen molar-refractivity contribution in [2.75, 3.05) is 26.4 Å². The maximum atomic E-state index is 6.04. The van der Waals surface area contributed by atoms with Crippen LogP contribution in [0.4, 0.5) is 0 Å². The van der Waals surface area contributed by atoms with Crippen LogP contribution in [0.5, 0.6) is 0 Å². The number of fused-ring (bicyclic) bond motifs is 2. The molecule has 114 valence electrons. The van der Waals surface area contributed by atoms with Crippen LogP contribution in [0, 0.1) is 11.3 Å². The van der Waals surface area contributed by atoms with Crippen LogP contribution >= 0.6 is 0 Å². The zero-order valence-electron chi connectivity index (χ0n) is 12.4. The number of hydrogen-bond acceptors (Lipinski definition) is 3. The van der Waals surface area contributed by atoms with Crippen molar-refractivity contribution in [2.24, 2.45) is 22.1 Å². The van der Waals surface area contributed by atoms with Gasteiger partial charge in [0.25, 0.3) is 0 Å². The summed E-state index contributed by atoms with van der Waals surface area (Å²) in [5.74, 6) is 1.25. The van der Waals surface area contributed by atoms with Gasteiger partial charge in [-0.1, -0.05) is 6.42 Å². The molecule has 0 amide bonds. The van der Waals surface area contributed by atoms with Crippen molar-refractivity contribution < 1.29 is 9.47 Å². The van der Waals surface area contributed by atoms with Crippen molar-refractivity contribution in [1.82, 2.24) is 5.32 Å². The molecular formula is C15H27N3O2. The second kappa shape index (κ2) is 5.90. The summed E-state index contributed by atoms with van der Waals surface area (Å²) in [6, 6.07) is 0.486. The van der Waals surface area contributed by atoms with Crippen molar-refractivity contribution in [2.45, 2.75) is 51.2 Å². The standard InChI is InChI=1S/C15H27N3O2/c1-2-19-9-4-8-17-14(16)18-12-11-5-10-20-13(11)15(12)6-3-7-15/h11-13H,2-10H2,1H3,(H3,16,17,18). The monoisotopic (exact) mass is 281 g/mol. The highest BCUT2D eigenvalue weighted by Gasteiger charge is 2.66. The minimum atomic E-state index is 0.368. The quantitative estimate of drug-likeness (QED) is 0.437. The first-order valence-electron chi connectivity index (χ1n) is 8.04. The fourth-order valence-electron chi connectivity index (χ4n) is 4.17. The molecule has 0 aromatic rings. The van der Waals surface area contributed by atoms with Gasteiger partial charge in [0.05, 0.1) is 6.10 Å². The van der Waals surface area contributed by atoms with Gasteiger partial charge in [-0.25, -0.2) is 0 Å². The summed E-state index contributed by atoms with van der Waals surface area (Å²) in [7, 11) is 0. The molecule has 1 aliphatic heterocycles. The zero-order valence-corrected chi connectivity index (χ0v) is 12.4. The van der Waals surface area contributed by atoms with E-state index in [0.29, 0.717) is 29.4 Å². The Morgan fingerprint density at radius 2 is 2.35 bits per heavy atom. The SMILES string of the molecule is CCOCCCN=C(N)NC1C2CCOC2C12CCC2. The van der Waals surface area contributed by atoms with E-state index < -0.39 is 0 Å². The fraction of sp³-hybridized carbons (Fsp3) is 0.933. The second-order valence-electron chi connectivity index (χ2n) is 6.27. The number of rotatable bonds is 6. The van der Waals surface area contributed by atoms with E-state index >= 15 is 0 Å². The van der Waals surface area contributed by atoms with Gasteiger partial charge >= 0.3 is 0 Å². The van der Waals surface area contributed by atoms with Crippen LogP contribution in [0.3, 0.4) is 0 Å². The Hall–Kier alpha value is -0.810. The molecule has 0 radical (unpaired) electrons. The lowest BCUT2D eigenvalue weighted by Gasteiger charge is -2.63. The van der Waals surface area contributed by atoms with E-state index in [1.807, 2.05) is 6.92 Å². The summed E-state index contributed by atoms with van der Waals surface area (Å²) in [5, 5.41) is 3.48. The molecule has 0 aromatic heterocycles. The van der Waals surface area contributed by atoms with Gasteiger partial charge in [0.2, 0.25) is 0 Å². The molecule has 1 saturated heterocycles. The molecule has 5 nitrogen and oxygen atoms in total. The van der Waals surface area contributed by atoms with Crippen LogP contribution in [0.2, 0.25) is 0 Å². The van der Waals surface area contributed by atoms with Crippen LogP contribution in [0.15, 0.2) is 4.99 Å². The smallest absolute Gasteiger partial charge is 0.188 e. The molecule has 3 aliphatic rings. The lowest BCUT2D eigenvalue weighted by molar-refractivity contribution is -0.171. The van der Waals surface area contributed by atoms with Crippen LogP contribution < -0.4 is 11.1 Å². The molecule has 3 N–H and O–H groups in total. The van der Waals surface area contributed by atoms with Gasteiger partial charge in [-0.3, -0.25) is 4.99 Å². The number of nitrogens with one attached hydrogen (secondary N) is 1. The minimum Gasteiger partial charge on any atom is -0.382 e. The predicted octanol–water partition coefficient (Wildman–Crippen LogP) is 1.27. The van der Waals surface area contributed by atoms with Gasteiger partial charge in [-0.2, -0.15) is 0 Å². The van der Waals surface area contributed by atoms with Crippen LogP contribution in [0.1, 0.15) is 39.0 Å². The van der Waals surface area contributed by atoms with Crippen LogP contribution in [-0.2, 0) is 9.47 Å². The van der Waals surface area contributed by atoms with Crippen molar-refractivity contribution in [1.29, 1.82) is 0 Å². The Balaban J connectivity index is 1.48. The molecule has 20 heavy (non-hydrogen) atoms. The third-order valence-electron chi connectivity index (χ3n) is 5.27. The number of nitrogens with zero attached hydrogens (tertiary/aromatic N) is 1. The maximum Gasteiger partial charge on any atom is 0.188 e. The van der Waals surface area contributed by atoms with Gasteiger partial charge < -0.3 is 20.5 Å². The van der Waals surface area contributed by atoms with E-state index in [-0.39, 0.29) is 0 Å². The van der Waals surface area contributed by atoms with E-state index in [4.69, 9.17) is 15.2 Å². The number of nitrogens with two attached hydrogens (primary N) is 1. The summed E-state index contributed by atoms with van der Waals surface area (Å²) in [5.41, 5.74) is 6.41. The number of ether oxygens (including phenoxy) is 2. The lowest BCUT2D eigenvalue weighted by atomic mass is 9.46. The molecular weight excluding hydrogens is 254 g/mol. The molecule has 1 spiro atoms. The molecule has 3 atom stereocenters. The fourth-order valence-corrected chi connectivity index (χ4v) is 4.17. The third-order valence-corrected chi connectivity index (χ3v) is 5.27. The third kappa shape index (κ3) is 2.31. The molecule has 3 unspecified atom stereocenters. The highest BCUT2D eigenvalue weighted by molar-refractivity contribution is 5.78. The summed E-state index contributed by atoms with van der Waals surface area (Å²) < 4.78 is 11.2. The highest BCUT2D eigenvalue weighted by Crippen LogP contribution is 2.62. The lowest BCUT2D eigenvalue weighted by Crippen LogP contribution is -2.72. The second-order valence-corrected chi connectivity index (χ2v) is 6.27. The van der Waals surface area contributed by atoms with Crippen molar-refractivity contribution in [3.63, 3.8) is 0 Å². The Morgan fingerprint density at radius 1 is 1.50 bits per heavy atom. The number of guanidine groups is 1. The van der Waals surface area contributed by atoms with Gasteiger partial charge in [0.1, 0.15) is 0 Å². The highest BCUT2D eigenvalue weighted by atomic mass is 16.5. The van der Waals surface area contributed by atoms with Crippen molar-refractivity contribution in [3.05, 3.63) is 0 Å². The van der Waals surface area contributed by atoms with Gasteiger partial charge in [-0.15, -0.1) is 0 Å². The Bertz CT molecular complexity index is 368. The largest absolute Gasteiger partial charge is 0.382 e. The predicted molar refractivity (Wildman–Crippen MR) is 78.7 cm³/mol. The van der Waals surface area contributed by atoms with E-state index in [1.54, 1.807) is 0 Å². The van der Waals surface area contributed by atoms with E-state index in [1.165, 1.54) is 25.7 Å². The molecule has 1 heterocycles. The molecule has 0 bridgehead atoms. The number of aliphatic imine (C=N–C) groups is 1. The first-order chi connectivity index (χ1) is 9.78. The van der Waals surface area contributed by atoms with Gasteiger partial charge in [0, 0.05) is 43.7 Å². The number of hydrogen-bond donors (Lipinski definition) is 2. The molecule has 0 aromatic carbocycles. The summed E-state index contributed by atoms with van der Waals surface area (Å²) >= 11 is 0. The molecule has 3 fully saturated rings. The summed E-state index contributed by atoms with van der Waals surface area (Å²) in [4.78, 5) is 4.42. The van der Waals surface area contributed by atoms with Crippen LogP contribution in [0.25, 0.3) is 0 Å². The average Bonchev–Trinajstić information content (AvgIpc) is 2.79. The molecule has 3 rings (SSSR count). The Labute approximate surface area is 121 Å². The molecule has 2 saturated carbocycles. The first kappa shape index (κ1) is 14.1. The molecule has 5 heteroatoms. The van der Waals surface area contributed by atoms with E-state index in [9.17, 15) is 0 Å². The maximum absolute atomic E-state index is 6.04. The normalized spacial score (nSPS) is 34.5. The van der Waals surface area contributed by atoms with Gasteiger partial charge in [0.15, 0.2) is 5.96 Å². The summed E-state index contributed by atoms with van der Waals surface area (Å²) in [6.07, 6.45) is 6.48. The Kier molecular flexibility index (Phi) is 4.17. The van der Waals surface area contributed by atoms with Crippen molar-refractivity contribution in [3.8, 4) is 0 Å². The average molecular weight is 281 g/mol. The van der Waals surface area contributed by atoms with Crippen LogP contribution in [-0.4, -0.2) is 44.5 Å².